The summed E-state index contributed by atoms with van der Waals surface area (Å²) in [5, 5.41) is 10.5. The van der Waals surface area contributed by atoms with Gasteiger partial charge < -0.3 is 5.73 Å². The molecule has 9 heteroatoms. The number of nitrogens with two attached hydrogens (primary N) is 1. The lowest BCUT2D eigenvalue weighted by molar-refractivity contribution is -0.112. The second-order valence-electron chi connectivity index (χ2n) is 6.03. The van der Waals surface area contributed by atoms with Gasteiger partial charge in [-0.05, 0) is 37.3 Å². The molecule has 146 valence electrons. The predicted octanol–water partition coefficient (Wildman–Crippen LogP) is 4.11. The van der Waals surface area contributed by atoms with Gasteiger partial charge in [-0.2, -0.15) is 5.26 Å². The Balaban J connectivity index is 2.14. The summed E-state index contributed by atoms with van der Waals surface area (Å²) in [6.45, 7) is 1.49. The van der Waals surface area contributed by atoms with E-state index in [2.05, 4.69) is 4.98 Å². The maximum Gasteiger partial charge on any atom is 0.266 e. The Bertz CT molecular complexity index is 1260. The molecule has 0 aliphatic rings. The number of thioether (sulfide) groups is 1. The number of allylic oxidation sites excluding steroid dienone is 2. The lowest BCUT2D eigenvalue weighted by Gasteiger charge is -2.13. The van der Waals surface area contributed by atoms with Crippen molar-refractivity contribution in [2.75, 3.05) is 5.75 Å². The minimum absolute atomic E-state index is 0.108. The molecule has 29 heavy (non-hydrogen) atoms. The van der Waals surface area contributed by atoms with Gasteiger partial charge in [-0.1, -0.05) is 47.1 Å². The van der Waals surface area contributed by atoms with Crippen molar-refractivity contribution < 1.29 is 4.79 Å². The molecule has 1 aromatic heterocycles. The molecular weight excluding hydrogens is 431 g/mol. The highest BCUT2D eigenvalue weighted by Crippen LogP contribution is 2.27. The van der Waals surface area contributed by atoms with Crippen LogP contribution in [-0.2, 0) is 4.79 Å². The summed E-state index contributed by atoms with van der Waals surface area (Å²) in [4.78, 5) is 30.0. The molecule has 0 fully saturated rings. The van der Waals surface area contributed by atoms with Crippen molar-refractivity contribution in [2.45, 2.75) is 12.1 Å². The maximum absolute atomic E-state index is 13.2. The third kappa shape index (κ3) is 4.30. The zero-order chi connectivity index (χ0) is 21.1. The number of nitrogens with zero attached hydrogens (tertiary/aromatic N) is 3. The average molecular weight is 445 g/mol. The number of carbonyl (C=O) groups excluding carboxylic acids is 1. The van der Waals surface area contributed by atoms with E-state index >= 15 is 0 Å². The largest absolute Gasteiger partial charge is 0.401 e. The highest BCUT2D eigenvalue weighted by molar-refractivity contribution is 7.99. The monoisotopic (exact) mass is 444 g/mol. The van der Waals surface area contributed by atoms with E-state index in [1.54, 1.807) is 42.5 Å². The third-order valence-corrected chi connectivity index (χ3v) is 5.70. The second kappa shape index (κ2) is 8.70. The number of nitriles is 1. The van der Waals surface area contributed by atoms with E-state index in [4.69, 9.17) is 34.2 Å². The average Bonchev–Trinajstić information content (AvgIpc) is 2.69. The van der Waals surface area contributed by atoms with Crippen LogP contribution in [0.4, 0.5) is 0 Å². The molecule has 0 amide bonds. The van der Waals surface area contributed by atoms with Crippen LogP contribution in [0.1, 0.15) is 6.92 Å². The quantitative estimate of drug-likeness (QED) is 0.275. The topological polar surface area (TPSA) is 102 Å². The number of halogens is 2. The van der Waals surface area contributed by atoms with E-state index in [0.717, 1.165) is 11.8 Å². The van der Waals surface area contributed by atoms with E-state index in [9.17, 15) is 9.59 Å². The minimum Gasteiger partial charge on any atom is -0.401 e. The number of benzene rings is 2. The van der Waals surface area contributed by atoms with E-state index in [1.807, 2.05) is 6.07 Å². The van der Waals surface area contributed by atoms with Gasteiger partial charge in [0.05, 0.1) is 32.4 Å². The van der Waals surface area contributed by atoms with E-state index in [0.29, 0.717) is 21.6 Å². The third-order valence-electron chi connectivity index (χ3n) is 4.02. The van der Waals surface area contributed by atoms with Crippen LogP contribution < -0.4 is 11.3 Å². The van der Waals surface area contributed by atoms with Crippen molar-refractivity contribution in [3.63, 3.8) is 0 Å². The summed E-state index contributed by atoms with van der Waals surface area (Å²) >= 11 is 13.2. The Morgan fingerprint density at radius 3 is 2.62 bits per heavy atom. The summed E-state index contributed by atoms with van der Waals surface area (Å²) in [6, 6.07) is 13.5. The first kappa shape index (κ1) is 20.9. The molecule has 0 bridgehead atoms. The number of carbonyl (C=O) groups is 1. The molecule has 0 saturated carbocycles. The molecule has 3 aromatic rings. The first-order chi connectivity index (χ1) is 13.8. The fourth-order valence-electron chi connectivity index (χ4n) is 2.63. The van der Waals surface area contributed by atoms with Gasteiger partial charge in [-0.25, -0.2) is 4.98 Å². The lowest BCUT2D eigenvalue weighted by Crippen LogP contribution is -2.22. The Morgan fingerprint density at radius 2 is 1.97 bits per heavy atom. The predicted molar refractivity (Wildman–Crippen MR) is 116 cm³/mol. The number of hydrogen-bond donors (Lipinski definition) is 1. The fourth-order valence-corrected chi connectivity index (χ4v) is 3.81. The van der Waals surface area contributed by atoms with Crippen molar-refractivity contribution in [2.24, 2.45) is 5.73 Å². The first-order valence-corrected chi connectivity index (χ1v) is 10.1. The summed E-state index contributed by atoms with van der Waals surface area (Å²) in [5.41, 5.74) is 6.28. The molecule has 0 unspecified atom stereocenters. The summed E-state index contributed by atoms with van der Waals surface area (Å²) in [5.74, 6) is -0.551. The fraction of sp³-hybridized carbons (Fsp3) is 0.100. The molecule has 6 nitrogen and oxygen atoms in total. The van der Waals surface area contributed by atoms with Crippen LogP contribution in [0.2, 0.25) is 10.0 Å². The Labute approximate surface area is 180 Å². The van der Waals surface area contributed by atoms with E-state index < -0.39 is 5.78 Å². The maximum atomic E-state index is 13.2. The van der Waals surface area contributed by atoms with Gasteiger partial charge in [0.15, 0.2) is 10.9 Å². The molecule has 0 spiro atoms. The Hall–Kier alpha value is -2.79. The van der Waals surface area contributed by atoms with Gasteiger partial charge >= 0.3 is 0 Å². The van der Waals surface area contributed by atoms with Crippen molar-refractivity contribution in [1.29, 1.82) is 5.26 Å². The second-order valence-corrected chi connectivity index (χ2v) is 7.79. The van der Waals surface area contributed by atoms with Crippen molar-refractivity contribution in [1.82, 2.24) is 9.55 Å². The molecule has 2 N–H and O–H groups in total. The van der Waals surface area contributed by atoms with Crippen molar-refractivity contribution in [3.8, 4) is 11.8 Å². The highest BCUT2D eigenvalue weighted by atomic mass is 35.5. The van der Waals surface area contributed by atoms with Crippen LogP contribution in [0.3, 0.4) is 0 Å². The van der Waals surface area contributed by atoms with Crippen LogP contribution in [0.15, 0.2) is 63.7 Å². The number of para-hydroxylation sites is 1. The molecule has 0 radical (unpaired) electrons. The summed E-state index contributed by atoms with van der Waals surface area (Å²) in [6.07, 6.45) is 0. The molecule has 1 heterocycles. The van der Waals surface area contributed by atoms with Crippen LogP contribution in [0.25, 0.3) is 16.6 Å². The molecule has 0 aliphatic heterocycles. The number of ketones is 1. The molecule has 0 aliphatic carbocycles. The van der Waals surface area contributed by atoms with Crippen molar-refractivity contribution >= 4 is 51.6 Å². The van der Waals surface area contributed by atoms with Gasteiger partial charge in [0.25, 0.3) is 5.56 Å². The SMILES string of the molecule is C/C(N)=C(\C#N)C(=O)CSc1nc2ccccc2c(=O)n1-c1ccc(Cl)c(Cl)c1. The standard InChI is InChI=1S/C20H14Cl2N4O2S/c1-11(24)14(9-23)18(27)10-29-20-25-17-5-3-2-4-13(17)19(28)26(20)12-6-7-15(21)16(22)8-12/h2-8H,10,24H2,1H3/b14-11-. The van der Waals surface area contributed by atoms with E-state index in [-0.39, 0.29) is 32.8 Å². The van der Waals surface area contributed by atoms with Gasteiger partial charge in [0, 0.05) is 5.70 Å². The van der Waals surface area contributed by atoms with Gasteiger partial charge in [0.2, 0.25) is 0 Å². The number of hydrogen-bond acceptors (Lipinski definition) is 6. The zero-order valence-corrected chi connectivity index (χ0v) is 17.5. The molecule has 3 rings (SSSR count). The Kier molecular flexibility index (Phi) is 6.28. The van der Waals surface area contributed by atoms with Gasteiger partial charge in [0.1, 0.15) is 11.6 Å². The molecular formula is C20H14Cl2N4O2S. The lowest BCUT2D eigenvalue weighted by atomic mass is 10.2. The van der Waals surface area contributed by atoms with Gasteiger partial charge in [-0.3, -0.25) is 14.2 Å². The van der Waals surface area contributed by atoms with Crippen LogP contribution >= 0.6 is 35.0 Å². The first-order valence-electron chi connectivity index (χ1n) is 8.33. The normalized spacial score (nSPS) is 11.8. The number of fused-ring (bicyclic) bond motifs is 1. The van der Waals surface area contributed by atoms with Crippen molar-refractivity contribution in [3.05, 3.63) is 74.1 Å². The Morgan fingerprint density at radius 1 is 1.24 bits per heavy atom. The molecule has 2 aromatic carbocycles. The number of aromatic nitrogens is 2. The summed E-state index contributed by atoms with van der Waals surface area (Å²) in [7, 11) is 0. The van der Waals surface area contributed by atoms with Gasteiger partial charge in [-0.15, -0.1) is 0 Å². The summed E-state index contributed by atoms with van der Waals surface area (Å²) < 4.78 is 1.37. The smallest absolute Gasteiger partial charge is 0.266 e. The minimum atomic E-state index is -0.444. The number of rotatable bonds is 5. The molecule has 0 atom stereocenters. The zero-order valence-electron chi connectivity index (χ0n) is 15.1. The van der Waals surface area contributed by atoms with E-state index in [1.165, 1.54) is 11.5 Å². The highest BCUT2D eigenvalue weighted by Gasteiger charge is 2.17. The van der Waals surface area contributed by atoms with Crippen LogP contribution in [0, 0.1) is 11.3 Å². The van der Waals surface area contributed by atoms with Crippen LogP contribution in [-0.4, -0.2) is 21.1 Å². The van der Waals surface area contributed by atoms with Crippen LogP contribution in [0.5, 0.6) is 0 Å². The number of Topliss-reactive ketones (excluding diaryl/α,β-unsaturated/α-hetero) is 1. The molecule has 0 saturated heterocycles.